The molecule has 0 atom stereocenters. The van der Waals surface area contributed by atoms with Crippen LogP contribution in [0.25, 0.3) is 0 Å². The van der Waals surface area contributed by atoms with Crippen LogP contribution in [0.15, 0.2) is 48.7 Å². The average molecular weight is 212 g/mol. The number of rotatable bonds is 4. The summed E-state index contributed by atoms with van der Waals surface area (Å²) in [7, 11) is 0. The Hall–Kier alpha value is -1.83. The van der Waals surface area contributed by atoms with Crippen molar-refractivity contribution in [1.29, 1.82) is 0 Å². The lowest BCUT2D eigenvalue weighted by molar-refractivity contribution is 1.00. The second-order valence-electron chi connectivity index (χ2n) is 3.83. The zero-order chi connectivity index (χ0) is 11.2. The van der Waals surface area contributed by atoms with Crippen molar-refractivity contribution in [2.45, 2.75) is 13.3 Å². The minimum atomic E-state index is 0.919. The van der Waals surface area contributed by atoms with Crippen LogP contribution in [0.5, 0.6) is 0 Å². The number of aromatic nitrogens is 1. The van der Waals surface area contributed by atoms with Gasteiger partial charge in [-0.3, -0.25) is 0 Å². The van der Waals surface area contributed by atoms with Crippen LogP contribution in [0.3, 0.4) is 0 Å². The summed E-state index contributed by atoms with van der Waals surface area (Å²) in [6, 6.07) is 14.5. The number of nitrogens with one attached hydrogen (secondary N) is 1. The van der Waals surface area contributed by atoms with Gasteiger partial charge in [0.05, 0.1) is 0 Å². The molecule has 0 aliphatic heterocycles. The standard InChI is InChI=1S/C14H16N2/c1-12-6-5-10-15-14(12)16-11-9-13-7-3-2-4-8-13/h2-8,10H,9,11H2,1H3,(H,15,16). The van der Waals surface area contributed by atoms with Crippen molar-refractivity contribution in [3.05, 3.63) is 59.8 Å². The van der Waals surface area contributed by atoms with Gasteiger partial charge in [0.2, 0.25) is 0 Å². The van der Waals surface area contributed by atoms with Crippen molar-refractivity contribution in [3.63, 3.8) is 0 Å². The maximum atomic E-state index is 4.30. The Bertz CT molecular complexity index is 437. The summed E-state index contributed by atoms with van der Waals surface area (Å²) >= 11 is 0. The zero-order valence-electron chi connectivity index (χ0n) is 9.48. The second kappa shape index (κ2) is 5.31. The number of pyridine rings is 1. The number of nitrogens with zero attached hydrogens (tertiary/aromatic N) is 1. The van der Waals surface area contributed by atoms with E-state index in [1.54, 1.807) is 0 Å². The van der Waals surface area contributed by atoms with E-state index in [9.17, 15) is 0 Å². The molecule has 0 fully saturated rings. The van der Waals surface area contributed by atoms with E-state index in [1.165, 1.54) is 11.1 Å². The first-order chi connectivity index (χ1) is 7.86. The predicted octanol–water partition coefficient (Wildman–Crippen LogP) is 3.04. The van der Waals surface area contributed by atoms with Crippen molar-refractivity contribution in [3.8, 4) is 0 Å². The minimum Gasteiger partial charge on any atom is -0.370 e. The first-order valence-corrected chi connectivity index (χ1v) is 5.55. The van der Waals surface area contributed by atoms with E-state index in [2.05, 4.69) is 47.6 Å². The van der Waals surface area contributed by atoms with Gasteiger partial charge in [-0.1, -0.05) is 36.4 Å². The van der Waals surface area contributed by atoms with E-state index < -0.39 is 0 Å². The molecular formula is C14H16N2. The van der Waals surface area contributed by atoms with Crippen LogP contribution in [0.4, 0.5) is 5.82 Å². The Morgan fingerprint density at radius 1 is 1.06 bits per heavy atom. The van der Waals surface area contributed by atoms with Crippen LogP contribution in [0, 0.1) is 6.92 Å². The summed E-state index contributed by atoms with van der Waals surface area (Å²) in [5, 5.41) is 3.35. The number of aryl methyl sites for hydroxylation is 1. The molecule has 0 aliphatic rings. The quantitative estimate of drug-likeness (QED) is 0.842. The van der Waals surface area contributed by atoms with Crippen LogP contribution < -0.4 is 5.32 Å². The number of benzene rings is 1. The summed E-state index contributed by atoms with van der Waals surface area (Å²) in [5.41, 5.74) is 2.54. The average Bonchev–Trinajstić information content (AvgIpc) is 2.33. The fourth-order valence-corrected chi connectivity index (χ4v) is 1.64. The van der Waals surface area contributed by atoms with Gasteiger partial charge in [-0.15, -0.1) is 0 Å². The molecule has 0 saturated carbocycles. The molecule has 0 spiro atoms. The molecule has 82 valence electrons. The third-order valence-electron chi connectivity index (χ3n) is 2.56. The van der Waals surface area contributed by atoms with Crippen molar-refractivity contribution in [2.24, 2.45) is 0 Å². The molecule has 1 N–H and O–H groups in total. The molecule has 0 aliphatic carbocycles. The third kappa shape index (κ3) is 2.83. The summed E-state index contributed by atoms with van der Waals surface area (Å²) in [6.45, 7) is 2.99. The van der Waals surface area contributed by atoms with Crippen LogP contribution in [0.1, 0.15) is 11.1 Å². The highest BCUT2D eigenvalue weighted by Crippen LogP contribution is 2.09. The molecular weight excluding hydrogens is 196 g/mol. The van der Waals surface area contributed by atoms with Gasteiger partial charge < -0.3 is 5.32 Å². The molecule has 1 aromatic heterocycles. The van der Waals surface area contributed by atoms with Gasteiger partial charge in [-0.25, -0.2) is 4.98 Å². The molecule has 2 heteroatoms. The first kappa shape index (κ1) is 10.7. The fraction of sp³-hybridized carbons (Fsp3) is 0.214. The lowest BCUT2D eigenvalue weighted by Gasteiger charge is -2.07. The van der Waals surface area contributed by atoms with Gasteiger partial charge in [0, 0.05) is 12.7 Å². The van der Waals surface area contributed by atoms with E-state index in [1.807, 2.05) is 18.3 Å². The molecule has 0 bridgehead atoms. The van der Waals surface area contributed by atoms with E-state index >= 15 is 0 Å². The number of anilines is 1. The van der Waals surface area contributed by atoms with Crippen LogP contribution in [0.2, 0.25) is 0 Å². The summed E-state index contributed by atoms with van der Waals surface area (Å²) in [5.74, 6) is 0.985. The predicted molar refractivity (Wildman–Crippen MR) is 67.6 cm³/mol. The molecule has 0 amide bonds. The number of hydrogen-bond acceptors (Lipinski definition) is 2. The molecule has 2 aromatic rings. The Labute approximate surface area is 96.4 Å². The zero-order valence-corrected chi connectivity index (χ0v) is 9.48. The molecule has 1 heterocycles. The lowest BCUT2D eigenvalue weighted by Crippen LogP contribution is -2.07. The number of hydrogen-bond donors (Lipinski definition) is 1. The summed E-state index contributed by atoms with van der Waals surface area (Å²) in [4.78, 5) is 4.30. The van der Waals surface area contributed by atoms with Crippen molar-refractivity contribution in [2.75, 3.05) is 11.9 Å². The van der Waals surface area contributed by atoms with Crippen molar-refractivity contribution < 1.29 is 0 Å². The van der Waals surface area contributed by atoms with E-state index in [4.69, 9.17) is 0 Å². The van der Waals surface area contributed by atoms with Crippen molar-refractivity contribution >= 4 is 5.82 Å². The molecule has 0 unspecified atom stereocenters. The molecule has 2 rings (SSSR count). The largest absolute Gasteiger partial charge is 0.370 e. The fourth-order valence-electron chi connectivity index (χ4n) is 1.64. The van der Waals surface area contributed by atoms with Crippen LogP contribution in [-0.4, -0.2) is 11.5 Å². The Morgan fingerprint density at radius 2 is 1.88 bits per heavy atom. The Kier molecular flexibility index (Phi) is 3.54. The van der Waals surface area contributed by atoms with Gasteiger partial charge in [0.25, 0.3) is 0 Å². The summed E-state index contributed by atoms with van der Waals surface area (Å²) in [6.07, 6.45) is 2.84. The van der Waals surface area contributed by atoms with Gasteiger partial charge >= 0.3 is 0 Å². The van der Waals surface area contributed by atoms with E-state index in [0.29, 0.717) is 0 Å². The normalized spacial score (nSPS) is 10.1. The monoisotopic (exact) mass is 212 g/mol. The SMILES string of the molecule is Cc1cccnc1NCCc1ccccc1. The first-order valence-electron chi connectivity index (χ1n) is 5.55. The highest BCUT2D eigenvalue weighted by molar-refractivity contribution is 5.42. The van der Waals surface area contributed by atoms with Crippen molar-refractivity contribution in [1.82, 2.24) is 4.98 Å². The van der Waals surface area contributed by atoms with E-state index in [0.717, 1.165) is 18.8 Å². The third-order valence-corrected chi connectivity index (χ3v) is 2.56. The van der Waals surface area contributed by atoms with Crippen LogP contribution in [-0.2, 0) is 6.42 Å². The van der Waals surface area contributed by atoms with Gasteiger partial charge in [0.1, 0.15) is 5.82 Å². The molecule has 1 aromatic carbocycles. The minimum absolute atomic E-state index is 0.919. The van der Waals surface area contributed by atoms with Gasteiger partial charge in [-0.05, 0) is 30.5 Å². The Morgan fingerprint density at radius 3 is 2.62 bits per heavy atom. The highest BCUT2D eigenvalue weighted by atomic mass is 15.0. The second-order valence-corrected chi connectivity index (χ2v) is 3.83. The molecule has 0 saturated heterocycles. The van der Waals surface area contributed by atoms with Crippen LogP contribution >= 0.6 is 0 Å². The maximum Gasteiger partial charge on any atom is 0.128 e. The van der Waals surface area contributed by atoms with E-state index in [-0.39, 0.29) is 0 Å². The van der Waals surface area contributed by atoms with Gasteiger partial charge in [0.15, 0.2) is 0 Å². The maximum absolute atomic E-state index is 4.30. The topological polar surface area (TPSA) is 24.9 Å². The summed E-state index contributed by atoms with van der Waals surface area (Å²) < 4.78 is 0. The Balaban J connectivity index is 1.87. The lowest BCUT2D eigenvalue weighted by atomic mass is 10.1. The smallest absolute Gasteiger partial charge is 0.128 e. The highest BCUT2D eigenvalue weighted by Gasteiger charge is 1.97. The molecule has 2 nitrogen and oxygen atoms in total. The molecule has 16 heavy (non-hydrogen) atoms. The van der Waals surface area contributed by atoms with Gasteiger partial charge in [-0.2, -0.15) is 0 Å². The molecule has 0 radical (unpaired) electrons.